The highest BCUT2D eigenvalue weighted by atomic mass is 19.1. The summed E-state index contributed by atoms with van der Waals surface area (Å²) >= 11 is 0. The maximum Gasteiger partial charge on any atom is 0.255 e. The van der Waals surface area contributed by atoms with Crippen molar-refractivity contribution in [2.75, 3.05) is 5.32 Å². The monoisotopic (exact) mass is 276 g/mol. The van der Waals surface area contributed by atoms with Crippen LogP contribution in [-0.2, 0) is 6.42 Å². The Hall–Kier alpha value is -2.23. The highest BCUT2D eigenvalue weighted by Crippen LogP contribution is 2.16. The van der Waals surface area contributed by atoms with Crippen molar-refractivity contribution < 1.29 is 10.6 Å². The van der Waals surface area contributed by atoms with Gasteiger partial charge in [0.05, 0.1) is 0 Å². The largest absolute Gasteiger partial charge is 0.322 e. The van der Waals surface area contributed by atoms with Crippen molar-refractivity contribution in [1.29, 1.82) is 0 Å². The van der Waals surface area contributed by atoms with Gasteiger partial charge in [0.25, 0.3) is 5.91 Å². The van der Waals surface area contributed by atoms with Gasteiger partial charge in [-0.3, -0.25) is 9.78 Å². The number of nitrogens with zero attached hydrogens (tertiary/aromatic N) is 1. The van der Waals surface area contributed by atoms with Gasteiger partial charge in [0.2, 0.25) is 0 Å². The lowest BCUT2D eigenvalue weighted by Gasteiger charge is -2.07. The van der Waals surface area contributed by atoms with E-state index >= 15 is 0 Å². The third-order valence-electron chi connectivity index (χ3n) is 2.63. The topological polar surface area (TPSA) is 42.0 Å². The van der Waals surface area contributed by atoms with Crippen molar-refractivity contribution in [3.63, 3.8) is 0 Å². The Bertz CT molecular complexity index is 561. The minimum atomic E-state index is -0.251. The van der Waals surface area contributed by atoms with E-state index in [0.29, 0.717) is 23.2 Å². The fraction of sp³-hybridized carbons (Fsp3) is 0.250. The molecule has 1 aromatic heterocycles. The van der Waals surface area contributed by atoms with E-state index in [0.717, 1.165) is 0 Å². The highest BCUT2D eigenvalue weighted by molar-refractivity contribution is 6.04. The van der Waals surface area contributed by atoms with Gasteiger partial charge in [-0.25, -0.2) is 4.39 Å². The van der Waals surface area contributed by atoms with Gasteiger partial charge in [-0.1, -0.05) is 20.8 Å². The lowest BCUT2D eigenvalue weighted by molar-refractivity contribution is 0.102. The second-order valence-corrected chi connectivity index (χ2v) is 3.85. The predicted molar refractivity (Wildman–Crippen MR) is 81.4 cm³/mol. The molecule has 1 amide bonds. The number of carbonyl (C=O) groups excluding carboxylic acids is 1. The zero-order valence-electron chi connectivity index (χ0n) is 12.0. The summed E-state index contributed by atoms with van der Waals surface area (Å²) in [6, 6.07) is 7.81. The molecule has 0 aliphatic carbocycles. The highest BCUT2D eigenvalue weighted by Gasteiger charge is 2.07. The van der Waals surface area contributed by atoms with Crippen molar-refractivity contribution in [3.05, 3.63) is 59.7 Å². The number of amides is 1. The molecule has 0 saturated carbocycles. The SMILES string of the molecule is CC.CCc1cc(NC(=O)c2ccncc2)ccc1F.[HH]. The fourth-order valence-corrected chi connectivity index (χ4v) is 1.63. The van der Waals surface area contributed by atoms with Crippen molar-refractivity contribution in [3.8, 4) is 0 Å². The van der Waals surface area contributed by atoms with Crippen LogP contribution in [0.5, 0.6) is 0 Å². The van der Waals surface area contributed by atoms with Crippen LogP contribution >= 0.6 is 0 Å². The first-order valence-corrected chi connectivity index (χ1v) is 6.70. The summed E-state index contributed by atoms with van der Waals surface area (Å²) in [5.41, 5.74) is 1.70. The minimum absolute atomic E-state index is 0. The van der Waals surface area contributed by atoms with E-state index in [-0.39, 0.29) is 13.2 Å². The van der Waals surface area contributed by atoms with E-state index in [1.54, 1.807) is 36.7 Å². The van der Waals surface area contributed by atoms with Gasteiger partial charge >= 0.3 is 0 Å². The number of carbonyl (C=O) groups is 1. The number of aryl methyl sites for hydroxylation is 1. The van der Waals surface area contributed by atoms with E-state index in [1.165, 1.54) is 6.07 Å². The number of benzene rings is 1. The van der Waals surface area contributed by atoms with Crippen LogP contribution in [0.3, 0.4) is 0 Å². The molecular formula is C16H21FN2O. The molecule has 108 valence electrons. The van der Waals surface area contributed by atoms with Gasteiger partial charge < -0.3 is 5.32 Å². The molecule has 4 heteroatoms. The van der Waals surface area contributed by atoms with Gasteiger partial charge in [-0.2, -0.15) is 0 Å². The Morgan fingerprint density at radius 1 is 1.25 bits per heavy atom. The van der Waals surface area contributed by atoms with E-state index in [9.17, 15) is 9.18 Å². The lowest BCUT2D eigenvalue weighted by atomic mass is 10.1. The Morgan fingerprint density at radius 3 is 2.50 bits per heavy atom. The van der Waals surface area contributed by atoms with Gasteiger partial charge in [0.1, 0.15) is 5.82 Å². The van der Waals surface area contributed by atoms with Crippen LogP contribution in [0.4, 0.5) is 10.1 Å². The van der Waals surface area contributed by atoms with Crippen LogP contribution in [0.2, 0.25) is 0 Å². The smallest absolute Gasteiger partial charge is 0.255 e. The number of rotatable bonds is 3. The molecule has 0 saturated heterocycles. The lowest BCUT2D eigenvalue weighted by Crippen LogP contribution is -2.12. The standard InChI is InChI=1S/C14H13FN2O.C2H6.H2/c1-2-10-9-12(3-4-13(10)15)17-14(18)11-5-7-16-8-6-11;1-2;/h3-9H,2H2,1H3,(H,17,18);1-2H3;1H. The zero-order chi connectivity index (χ0) is 15.0. The maximum absolute atomic E-state index is 13.3. The molecule has 20 heavy (non-hydrogen) atoms. The quantitative estimate of drug-likeness (QED) is 0.907. The summed E-state index contributed by atoms with van der Waals surface area (Å²) in [5.74, 6) is -0.481. The summed E-state index contributed by atoms with van der Waals surface area (Å²) in [7, 11) is 0. The van der Waals surface area contributed by atoms with Crippen molar-refractivity contribution in [2.45, 2.75) is 27.2 Å². The van der Waals surface area contributed by atoms with E-state index in [2.05, 4.69) is 10.3 Å². The molecule has 0 radical (unpaired) electrons. The third kappa shape index (κ3) is 4.16. The normalized spacial score (nSPS) is 9.40. The van der Waals surface area contributed by atoms with Crippen molar-refractivity contribution in [2.24, 2.45) is 0 Å². The van der Waals surface area contributed by atoms with Crippen molar-refractivity contribution >= 4 is 11.6 Å². The van der Waals surface area contributed by atoms with Crippen LogP contribution in [0, 0.1) is 5.82 Å². The number of nitrogens with one attached hydrogen (secondary N) is 1. The maximum atomic E-state index is 13.3. The molecule has 0 atom stereocenters. The molecule has 0 fully saturated rings. The molecule has 0 aliphatic rings. The first-order chi connectivity index (χ1) is 9.70. The summed E-state index contributed by atoms with van der Waals surface area (Å²) < 4.78 is 13.3. The second-order valence-electron chi connectivity index (χ2n) is 3.85. The molecule has 0 bridgehead atoms. The summed E-state index contributed by atoms with van der Waals surface area (Å²) in [5, 5.41) is 2.73. The molecule has 1 aromatic carbocycles. The summed E-state index contributed by atoms with van der Waals surface area (Å²) in [6.07, 6.45) is 3.69. The van der Waals surface area contributed by atoms with E-state index in [4.69, 9.17) is 0 Å². The molecule has 0 aliphatic heterocycles. The minimum Gasteiger partial charge on any atom is -0.322 e. The molecule has 1 N–H and O–H groups in total. The molecule has 2 aromatic rings. The number of anilines is 1. The second kappa shape index (κ2) is 8.04. The number of hydrogen-bond donors (Lipinski definition) is 1. The van der Waals surface area contributed by atoms with Crippen LogP contribution in [0.25, 0.3) is 0 Å². The Labute approximate surface area is 120 Å². The third-order valence-corrected chi connectivity index (χ3v) is 2.63. The van der Waals surface area contributed by atoms with Crippen LogP contribution < -0.4 is 5.32 Å². The van der Waals surface area contributed by atoms with Gasteiger partial charge in [-0.05, 0) is 42.3 Å². The number of hydrogen-bond acceptors (Lipinski definition) is 2. The molecule has 1 heterocycles. The van der Waals surface area contributed by atoms with Crippen LogP contribution in [0.15, 0.2) is 42.7 Å². The first-order valence-electron chi connectivity index (χ1n) is 6.70. The number of aromatic nitrogens is 1. The molecular weight excluding hydrogens is 255 g/mol. The van der Waals surface area contributed by atoms with E-state index in [1.807, 2.05) is 20.8 Å². The predicted octanol–water partition coefficient (Wildman–Crippen LogP) is 4.31. The average Bonchev–Trinajstić information content (AvgIpc) is 2.52. The van der Waals surface area contributed by atoms with Crippen LogP contribution in [-0.4, -0.2) is 10.9 Å². The van der Waals surface area contributed by atoms with Gasteiger partial charge in [-0.15, -0.1) is 0 Å². The Morgan fingerprint density at radius 2 is 1.90 bits per heavy atom. The average molecular weight is 276 g/mol. The van der Waals surface area contributed by atoms with Crippen LogP contribution in [0.1, 0.15) is 38.1 Å². The molecule has 0 unspecified atom stereocenters. The first kappa shape index (κ1) is 15.8. The fourth-order valence-electron chi connectivity index (χ4n) is 1.63. The zero-order valence-corrected chi connectivity index (χ0v) is 12.0. The van der Waals surface area contributed by atoms with Crippen molar-refractivity contribution in [1.82, 2.24) is 4.98 Å². The van der Waals surface area contributed by atoms with E-state index < -0.39 is 0 Å². The Balaban J connectivity index is 0.00000128. The number of halogens is 1. The van der Waals surface area contributed by atoms with Gasteiger partial charge in [0, 0.05) is 25.1 Å². The number of pyridine rings is 1. The summed E-state index contributed by atoms with van der Waals surface area (Å²) in [6.45, 7) is 5.87. The summed E-state index contributed by atoms with van der Waals surface area (Å²) in [4.78, 5) is 15.7. The van der Waals surface area contributed by atoms with Gasteiger partial charge in [0.15, 0.2) is 0 Å². The molecule has 3 nitrogen and oxygen atoms in total. The molecule has 2 rings (SSSR count). The molecule has 0 spiro atoms. The Kier molecular flexibility index (Phi) is 6.37.